The summed E-state index contributed by atoms with van der Waals surface area (Å²) in [5.41, 5.74) is 6.12. The number of hydrogen-bond acceptors (Lipinski definition) is 3. The minimum Gasteiger partial charge on any atom is -0.366 e. The lowest BCUT2D eigenvalue weighted by atomic mass is 10.1. The van der Waals surface area contributed by atoms with Gasteiger partial charge in [-0.1, -0.05) is 13.8 Å². The van der Waals surface area contributed by atoms with E-state index in [0.29, 0.717) is 18.2 Å². The van der Waals surface area contributed by atoms with Crippen LogP contribution >= 0.6 is 0 Å². The molecule has 5 nitrogen and oxygen atoms in total. The Morgan fingerprint density at radius 3 is 2.59 bits per heavy atom. The Kier molecular flexibility index (Phi) is 4.20. The van der Waals surface area contributed by atoms with Gasteiger partial charge in [-0.2, -0.15) is 0 Å². The van der Waals surface area contributed by atoms with Crippen molar-refractivity contribution in [2.45, 2.75) is 20.8 Å². The standard InChI is InChI=1S/C12H17N3O2/c1-7(2)6-14-12(17)10-9(11(13)16)5-4-8(3)15-10/h4-5,7H,6H2,1-3H3,(H2,13,16)(H,14,17). The first-order valence-corrected chi connectivity index (χ1v) is 5.47. The van der Waals surface area contributed by atoms with Crippen LogP contribution in [0.3, 0.4) is 0 Å². The first-order valence-electron chi connectivity index (χ1n) is 5.47. The van der Waals surface area contributed by atoms with Crippen LogP contribution in [0.4, 0.5) is 0 Å². The molecule has 17 heavy (non-hydrogen) atoms. The van der Waals surface area contributed by atoms with E-state index in [1.807, 2.05) is 13.8 Å². The van der Waals surface area contributed by atoms with Crippen LogP contribution in [0.2, 0.25) is 0 Å². The molecule has 0 aromatic carbocycles. The van der Waals surface area contributed by atoms with Crippen molar-refractivity contribution < 1.29 is 9.59 Å². The van der Waals surface area contributed by atoms with Gasteiger partial charge in [0.05, 0.1) is 5.56 Å². The quantitative estimate of drug-likeness (QED) is 0.812. The van der Waals surface area contributed by atoms with Crippen LogP contribution in [0.5, 0.6) is 0 Å². The minimum absolute atomic E-state index is 0.0955. The SMILES string of the molecule is Cc1ccc(C(N)=O)c(C(=O)NCC(C)C)n1. The van der Waals surface area contributed by atoms with Crippen molar-refractivity contribution in [3.8, 4) is 0 Å². The monoisotopic (exact) mass is 235 g/mol. The van der Waals surface area contributed by atoms with Crippen LogP contribution in [0.1, 0.15) is 40.4 Å². The number of primary amides is 1. The molecule has 5 heteroatoms. The first-order chi connectivity index (χ1) is 7.91. The van der Waals surface area contributed by atoms with E-state index in [-0.39, 0.29) is 17.2 Å². The molecule has 0 saturated carbocycles. The number of carbonyl (C=O) groups is 2. The maximum Gasteiger partial charge on any atom is 0.270 e. The predicted molar refractivity (Wildman–Crippen MR) is 64.7 cm³/mol. The van der Waals surface area contributed by atoms with Gasteiger partial charge >= 0.3 is 0 Å². The van der Waals surface area contributed by atoms with Gasteiger partial charge in [-0.05, 0) is 25.0 Å². The van der Waals surface area contributed by atoms with Gasteiger partial charge in [-0.3, -0.25) is 9.59 Å². The van der Waals surface area contributed by atoms with Gasteiger partial charge < -0.3 is 11.1 Å². The van der Waals surface area contributed by atoms with E-state index in [1.165, 1.54) is 6.07 Å². The lowest BCUT2D eigenvalue weighted by Crippen LogP contribution is -2.30. The summed E-state index contributed by atoms with van der Waals surface area (Å²) < 4.78 is 0. The summed E-state index contributed by atoms with van der Waals surface area (Å²) >= 11 is 0. The van der Waals surface area contributed by atoms with Crippen molar-refractivity contribution in [1.82, 2.24) is 10.3 Å². The number of amides is 2. The molecule has 3 N–H and O–H groups in total. The molecule has 0 radical (unpaired) electrons. The molecule has 1 aromatic rings. The van der Waals surface area contributed by atoms with Gasteiger partial charge in [0.25, 0.3) is 11.8 Å². The second-order valence-corrected chi connectivity index (χ2v) is 4.32. The van der Waals surface area contributed by atoms with E-state index in [2.05, 4.69) is 10.3 Å². The van der Waals surface area contributed by atoms with Crippen molar-refractivity contribution in [2.75, 3.05) is 6.54 Å². The van der Waals surface area contributed by atoms with Crippen LogP contribution in [-0.2, 0) is 0 Å². The van der Waals surface area contributed by atoms with Crippen molar-refractivity contribution in [2.24, 2.45) is 11.7 Å². The smallest absolute Gasteiger partial charge is 0.270 e. The van der Waals surface area contributed by atoms with E-state index in [4.69, 9.17) is 5.73 Å². The largest absolute Gasteiger partial charge is 0.366 e. The highest BCUT2D eigenvalue weighted by Crippen LogP contribution is 2.07. The van der Waals surface area contributed by atoms with Gasteiger partial charge in [0.2, 0.25) is 0 Å². The topological polar surface area (TPSA) is 85.1 Å². The predicted octanol–water partition coefficient (Wildman–Crippen LogP) is 0.875. The highest BCUT2D eigenvalue weighted by atomic mass is 16.2. The summed E-state index contributed by atoms with van der Waals surface area (Å²) in [4.78, 5) is 27.1. The van der Waals surface area contributed by atoms with Gasteiger partial charge in [-0.15, -0.1) is 0 Å². The van der Waals surface area contributed by atoms with Crippen molar-refractivity contribution >= 4 is 11.8 Å². The number of hydrogen-bond donors (Lipinski definition) is 2. The second kappa shape index (κ2) is 5.43. The zero-order chi connectivity index (χ0) is 13.0. The second-order valence-electron chi connectivity index (χ2n) is 4.32. The van der Waals surface area contributed by atoms with Crippen LogP contribution in [-0.4, -0.2) is 23.3 Å². The molecule has 0 unspecified atom stereocenters. The Bertz CT molecular complexity index is 441. The molecule has 0 aliphatic carbocycles. The number of rotatable bonds is 4. The van der Waals surface area contributed by atoms with E-state index in [0.717, 1.165) is 0 Å². The number of pyridine rings is 1. The highest BCUT2D eigenvalue weighted by Gasteiger charge is 2.16. The van der Waals surface area contributed by atoms with Crippen molar-refractivity contribution in [3.63, 3.8) is 0 Å². The summed E-state index contributed by atoms with van der Waals surface area (Å²) in [7, 11) is 0. The van der Waals surface area contributed by atoms with Crippen LogP contribution < -0.4 is 11.1 Å². The third-order valence-electron chi connectivity index (χ3n) is 2.19. The highest BCUT2D eigenvalue weighted by molar-refractivity contribution is 6.05. The van der Waals surface area contributed by atoms with Crippen LogP contribution in [0.15, 0.2) is 12.1 Å². The maximum atomic E-state index is 11.8. The van der Waals surface area contributed by atoms with E-state index < -0.39 is 5.91 Å². The third kappa shape index (κ3) is 3.55. The van der Waals surface area contributed by atoms with Crippen molar-refractivity contribution in [1.29, 1.82) is 0 Å². The summed E-state index contributed by atoms with van der Waals surface area (Å²) in [5, 5.41) is 2.71. The maximum absolute atomic E-state index is 11.8. The fourth-order valence-electron chi connectivity index (χ4n) is 1.31. The fourth-order valence-corrected chi connectivity index (χ4v) is 1.31. The molecule has 0 spiro atoms. The zero-order valence-electron chi connectivity index (χ0n) is 10.3. The summed E-state index contributed by atoms with van der Waals surface area (Å²) in [5.74, 6) is -0.677. The normalized spacial score (nSPS) is 10.4. The Morgan fingerprint density at radius 1 is 1.41 bits per heavy atom. The molecule has 1 heterocycles. The van der Waals surface area contributed by atoms with E-state index >= 15 is 0 Å². The molecule has 1 rings (SSSR count). The Labute approximate surface area is 100 Å². The first kappa shape index (κ1) is 13.2. The van der Waals surface area contributed by atoms with E-state index in [1.54, 1.807) is 13.0 Å². The van der Waals surface area contributed by atoms with Crippen LogP contribution in [0.25, 0.3) is 0 Å². The van der Waals surface area contributed by atoms with Crippen molar-refractivity contribution in [3.05, 3.63) is 29.1 Å². The lowest BCUT2D eigenvalue weighted by molar-refractivity contribution is 0.0927. The fraction of sp³-hybridized carbons (Fsp3) is 0.417. The molecule has 0 aliphatic rings. The zero-order valence-corrected chi connectivity index (χ0v) is 10.3. The molecule has 0 bridgehead atoms. The Balaban J connectivity index is 2.98. The van der Waals surface area contributed by atoms with Gasteiger partial charge in [0, 0.05) is 12.2 Å². The number of carbonyl (C=O) groups excluding carboxylic acids is 2. The van der Waals surface area contributed by atoms with Gasteiger partial charge in [0.1, 0.15) is 5.69 Å². The molecule has 0 atom stereocenters. The number of nitrogens with two attached hydrogens (primary N) is 1. The number of aromatic nitrogens is 1. The number of nitrogens with one attached hydrogen (secondary N) is 1. The average molecular weight is 235 g/mol. The molecular weight excluding hydrogens is 218 g/mol. The molecule has 0 aliphatic heterocycles. The molecular formula is C12H17N3O2. The van der Waals surface area contributed by atoms with Crippen LogP contribution in [0, 0.1) is 12.8 Å². The molecule has 0 fully saturated rings. The molecule has 0 saturated heterocycles. The summed E-state index contributed by atoms with van der Waals surface area (Å²) in [6, 6.07) is 3.17. The Hall–Kier alpha value is -1.91. The molecule has 2 amide bonds. The molecule has 92 valence electrons. The summed E-state index contributed by atoms with van der Waals surface area (Å²) in [6.07, 6.45) is 0. The minimum atomic E-state index is -0.646. The summed E-state index contributed by atoms with van der Waals surface area (Å²) in [6.45, 7) is 6.26. The number of aryl methyl sites for hydroxylation is 1. The number of nitrogens with zero attached hydrogens (tertiary/aromatic N) is 1. The van der Waals surface area contributed by atoms with Gasteiger partial charge in [0.15, 0.2) is 0 Å². The average Bonchev–Trinajstić information content (AvgIpc) is 2.25. The third-order valence-corrected chi connectivity index (χ3v) is 2.19. The molecule has 1 aromatic heterocycles. The van der Waals surface area contributed by atoms with E-state index in [9.17, 15) is 9.59 Å². The van der Waals surface area contributed by atoms with Gasteiger partial charge in [-0.25, -0.2) is 4.98 Å². The lowest BCUT2D eigenvalue weighted by Gasteiger charge is -2.09. The Morgan fingerprint density at radius 2 is 2.06 bits per heavy atom.